The number of carbonyl (C=O) groups is 1. The summed E-state index contributed by atoms with van der Waals surface area (Å²) >= 11 is -0.325. The van der Waals surface area contributed by atoms with E-state index in [1.165, 1.54) is 23.1 Å². The number of halogens is 4. The molecule has 5 rings (SSSR count). The quantitative estimate of drug-likeness (QED) is 0.264. The number of alkyl halides is 3. The number of carboxylic acids is 1. The number of carboxylic acid groups (broad SMARTS) is 1. The van der Waals surface area contributed by atoms with Crippen molar-refractivity contribution in [2.75, 3.05) is 0 Å². The predicted octanol–water partition coefficient (Wildman–Crippen LogP) is 6.22. The second-order valence-electron chi connectivity index (χ2n) is 7.51. The van der Waals surface area contributed by atoms with Crippen LogP contribution in [-0.2, 0) is 15.8 Å². The zero-order valence-corrected chi connectivity index (χ0v) is 20.6. The van der Waals surface area contributed by atoms with Gasteiger partial charge < -0.3 is 8.17 Å². The zero-order chi connectivity index (χ0) is 24.6. The molecule has 0 saturated carbocycles. The predicted molar refractivity (Wildman–Crippen MR) is 135 cm³/mol. The van der Waals surface area contributed by atoms with Crippen molar-refractivity contribution in [1.29, 1.82) is 0 Å². The molecule has 0 saturated heterocycles. The van der Waals surface area contributed by atoms with Crippen molar-refractivity contribution in [2.24, 2.45) is 4.99 Å². The minimum Gasteiger partial charge on any atom is -0.478 e. The molecule has 0 unspecified atom stereocenters. The van der Waals surface area contributed by atoms with Gasteiger partial charge in [0, 0.05) is 17.3 Å². The Morgan fingerprint density at radius 3 is 2.49 bits per heavy atom. The smallest absolute Gasteiger partial charge is 0.426 e. The van der Waals surface area contributed by atoms with E-state index in [1.807, 2.05) is 24.3 Å². The summed E-state index contributed by atoms with van der Waals surface area (Å²) in [6.45, 7) is 0.403. The molecule has 6 nitrogen and oxygen atoms in total. The van der Waals surface area contributed by atoms with E-state index >= 15 is 0 Å². The number of hydrogen-bond donors (Lipinski definition) is 1. The maximum atomic E-state index is 13.7. The Balaban J connectivity index is 1.36. The fraction of sp³-hybridized carbons (Fsp3) is 0.0833. The SMILES string of the molecule is O=C(O)c1cnn(Cc2ccc(C3=IOC(c4cc(-c5ccccc5)c(C(F)(F)F)s4)=N3)cc2)c1. The van der Waals surface area contributed by atoms with E-state index in [4.69, 9.17) is 8.17 Å². The molecule has 178 valence electrons. The van der Waals surface area contributed by atoms with Crippen LogP contribution < -0.4 is 0 Å². The van der Waals surface area contributed by atoms with Crippen molar-refractivity contribution in [3.63, 3.8) is 0 Å². The lowest BCUT2D eigenvalue weighted by Gasteiger charge is -2.07. The number of aromatic carboxylic acids is 1. The molecule has 0 radical (unpaired) electrons. The van der Waals surface area contributed by atoms with E-state index < -0.39 is 38.2 Å². The van der Waals surface area contributed by atoms with Gasteiger partial charge in [0.05, 0.1) is 23.2 Å². The summed E-state index contributed by atoms with van der Waals surface area (Å²) in [5, 5.41) is 13.0. The number of benzene rings is 2. The molecule has 0 aliphatic carbocycles. The molecule has 1 aliphatic rings. The Hall–Kier alpha value is -3.32. The van der Waals surface area contributed by atoms with E-state index in [-0.39, 0.29) is 17.0 Å². The second-order valence-corrected chi connectivity index (χ2v) is 10.5. The van der Waals surface area contributed by atoms with Gasteiger partial charge in [-0.05, 0) is 17.2 Å². The highest BCUT2D eigenvalue weighted by molar-refractivity contribution is 14.2. The van der Waals surface area contributed by atoms with Crippen molar-refractivity contribution < 1.29 is 26.1 Å². The number of aliphatic imine (C=N–C) groups is 1. The van der Waals surface area contributed by atoms with Gasteiger partial charge in [-0.25, -0.2) is 9.79 Å². The van der Waals surface area contributed by atoms with Gasteiger partial charge in [0.15, 0.2) is 0 Å². The van der Waals surface area contributed by atoms with Crippen LogP contribution >= 0.6 is 32.5 Å². The first-order valence-electron chi connectivity index (χ1n) is 10.2. The van der Waals surface area contributed by atoms with Gasteiger partial charge in [-0.1, -0.05) is 54.6 Å². The number of hydrogen-bond acceptors (Lipinski definition) is 5. The average molecular weight is 609 g/mol. The van der Waals surface area contributed by atoms with E-state index in [1.54, 1.807) is 30.3 Å². The summed E-state index contributed by atoms with van der Waals surface area (Å²) in [6.07, 6.45) is -1.73. The Bertz CT molecular complexity index is 1460. The Morgan fingerprint density at radius 2 is 1.83 bits per heavy atom. The lowest BCUT2D eigenvalue weighted by molar-refractivity contribution is -0.133. The highest BCUT2D eigenvalue weighted by atomic mass is 127. The summed E-state index contributed by atoms with van der Waals surface area (Å²) in [5.74, 6) is -0.821. The molecule has 35 heavy (non-hydrogen) atoms. The van der Waals surface area contributed by atoms with Gasteiger partial charge in [-0.2, -0.15) is 18.3 Å². The molecular formula is C24H15F3IN3O3S. The van der Waals surface area contributed by atoms with Gasteiger partial charge >= 0.3 is 12.1 Å². The number of aromatic nitrogens is 2. The van der Waals surface area contributed by atoms with Crippen molar-refractivity contribution in [3.05, 3.63) is 99.5 Å². The topological polar surface area (TPSA) is 76.7 Å². The van der Waals surface area contributed by atoms with Gasteiger partial charge in [0.1, 0.15) is 29.7 Å². The molecular weight excluding hydrogens is 594 g/mol. The van der Waals surface area contributed by atoms with Gasteiger partial charge in [0.2, 0.25) is 5.90 Å². The first-order valence-corrected chi connectivity index (χ1v) is 12.9. The minimum absolute atomic E-state index is 0.115. The van der Waals surface area contributed by atoms with Crippen LogP contribution in [0.25, 0.3) is 11.1 Å². The molecule has 0 atom stereocenters. The molecule has 2 aromatic carbocycles. The van der Waals surface area contributed by atoms with Crippen LogP contribution in [0.1, 0.15) is 31.2 Å². The third kappa shape index (κ3) is 5.05. The van der Waals surface area contributed by atoms with E-state index in [0.717, 1.165) is 14.8 Å². The third-order valence-electron chi connectivity index (χ3n) is 5.09. The van der Waals surface area contributed by atoms with Crippen LogP contribution in [0.15, 0.2) is 78.0 Å². The zero-order valence-electron chi connectivity index (χ0n) is 17.7. The van der Waals surface area contributed by atoms with Gasteiger partial charge in [-0.15, -0.1) is 11.3 Å². The summed E-state index contributed by atoms with van der Waals surface area (Å²) in [6, 6.07) is 17.4. The fourth-order valence-electron chi connectivity index (χ4n) is 3.43. The summed E-state index contributed by atoms with van der Waals surface area (Å²) < 4.78 is 49.1. The molecule has 0 amide bonds. The van der Waals surface area contributed by atoms with Crippen LogP contribution in [0.3, 0.4) is 0 Å². The molecule has 3 heterocycles. The Morgan fingerprint density at radius 1 is 1.09 bits per heavy atom. The maximum absolute atomic E-state index is 13.7. The Labute approximate surface area is 211 Å². The lowest BCUT2D eigenvalue weighted by atomic mass is 10.1. The molecule has 0 bridgehead atoms. The lowest BCUT2D eigenvalue weighted by Crippen LogP contribution is -2.03. The first-order chi connectivity index (χ1) is 16.8. The number of thiophene rings is 1. The maximum Gasteiger partial charge on any atom is 0.426 e. The molecule has 2 aromatic heterocycles. The average Bonchev–Trinajstić information content (AvgIpc) is 3.59. The van der Waals surface area contributed by atoms with E-state index in [0.29, 0.717) is 28.3 Å². The first kappa shape index (κ1) is 23.4. The van der Waals surface area contributed by atoms with E-state index in [9.17, 15) is 18.0 Å². The second kappa shape index (κ2) is 9.38. The molecule has 1 aliphatic heterocycles. The minimum atomic E-state index is -4.48. The van der Waals surface area contributed by atoms with Crippen LogP contribution in [0, 0.1) is 0 Å². The fourth-order valence-corrected chi connectivity index (χ4v) is 6.24. The number of nitrogens with zero attached hydrogens (tertiary/aromatic N) is 3. The standard InChI is InChI=1S/C24H15F3IN3O3S/c25-24(26,27)20-18(15-4-2-1-3-5-15)10-19(35-20)22-30-21(28-34-22)16-8-6-14(7-9-16)12-31-13-17(11-29-31)23(32)33/h1-11,13H,12H2,(H,32,33). The van der Waals surface area contributed by atoms with Gasteiger partial charge in [-0.3, -0.25) is 4.68 Å². The molecule has 0 spiro atoms. The molecule has 0 fully saturated rings. The highest BCUT2D eigenvalue weighted by Gasteiger charge is 2.37. The van der Waals surface area contributed by atoms with Gasteiger partial charge in [0.25, 0.3) is 0 Å². The van der Waals surface area contributed by atoms with Crippen LogP contribution in [0.5, 0.6) is 0 Å². The van der Waals surface area contributed by atoms with E-state index in [2.05, 4.69) is 10.1 Å². The summed E-state index contributed by atoms with van der Waals surface area (Å²) in [7, 11) is 0. The van der Waals surface area contributed by atoms with Crippen molar-refractivity contribution >= 4 is 48.0 Å². The Kier molecular flexibility index (Phi) is 6.28. The van der Waals surface area contributed by atoms with Crippen molar-refractivity contribution in [1.82, 2.24) is 9.78 Å². The van der Waals surface area contributed by atoms with Crippen molar-refractivity contribution in [2.45, 2.75) is 12.7 Å². The summed E-state index contributed by atoms with van der Waals surface area (Å²) in [5.41, 5.74) is 2.47. The normalized spacial score (nSPS) is 13.6. The molecule has 4 aromatic rings. The monoisotopic (exact) mass is 609 g/mol. The highest BCUT2D eigenvalue weighted by Crippen LogP contribution is 2.43. The third-order valence-corrected chi connectivity index (χ3v) is 8.17. The largest absolute Gasteiger partial charge is 0.478 e. The summed E-state index contributed by atoms with van der Waals surface area (Å²) in [4.78, 5) is 15.2. The van der Waals surface area contributed by atoms with Crippen LogP contribution in [0.4, 0.5) is 13.2 Å². The molecule has 1 N–H and O–H groups in total. The molecule has 11 heteroatoms. The van der Waals surface area contributed by atoms with Crippen LogP contribution in [0.2, 0.25) is 0 Å². The van der Waals surface area contributed by atoms with Crippen molar-refractivity contribution in [3.8, 4) is 11.1 Å². The number of rotatable bonds is 6. The van der Waals surface area contributed by atoms with Crippen LogP contribution in [-0.4, -0.2) is 30.4 Å².